The Morgan fingerprint density at radius 2 is 1.74 bits per heavy atom. The number of amides is 1. The van der Waals surface area contributed by atoms with Gasteiger partial charge in [-0.1, -0.05) is 18.6 Å². The number of benzene rings is 1. The summed E-state index contributed by atoms with van der Waals surface area (Å²) in [6, 6.07) is 5.82. The van der Waals surface area contributed by atoms with Gasteiger partial charge in [0.25, 0.3) is 5.91 Å². The number of aryl methyl sites for hydroxylation is 1. The Morgan fingerprint density at radius 1 is 1.06 bits per heavy atom. The molecule has 7 rings (SSSR count). The minimum absolute atomic E-state index is 0.0997. The van der Waals surface area contributed by atoms with E-state index in [4.69, 9.17) is 4.98 Å². The van der Waals surface area contributed by atoms with Gasteiger partial charge in [-0.05, 0) is 57.1 Å². The molecule has 2 aliphatic heterocycles. The minimum Gasteiger partial charge on any atom is -0.349 e. The number of hydrogen-bond donors (Lipinski definition) is 1. The smallest absolute Gasteiger partial charge is 0.260 e. The second kappa shape index (κ2) is 7.39. The second-order valence-corrected chi connectivity index (χ2v) is 13.4. The van der Waals surface area contributed by atoms with Gasteiger partial charge >= 0.3 is 0 Å². The van der Waals surface area contributed by atoms with Crippen LogP contribution in [0.3, 0.4) is 0 Å². The predicted molar refractivity (Wildman–Crippen MR) is 136 cm³/mol. The molecule has 9 nitrogen and oxygen atoms in total. The number of nitrogens with zero attached hydrogens (tertiary/aromatic N) is 5. The molecular formula is C25H32N6O3S. The largest absolute Gasteiger partial charge is 0.349 e. The second-order valence-electron chi connectivity index (χ2n) is 11.1. The molecule has 1 saturated heterocycles. The molecule has 186 valence electrons. The monoisotopic (exact) mass is 496 g/mol. The van der Waals surface area contributed by atoms with Crippen molar-refractivity contribution in [1.82, 2.24) is 14.3 Å². The first-order valence-corrected chi connectivity index (χ1v) is 13.8. The van der Waals surface area contributed by atoms with Crippen LogP contribution in [0.2, 0.25) is 0 Å². The number of anilines is 4. The number of nitrogens with one attached hydrogen (secondary N) is 1. The first-order chi connectivity index (χ1) is 16.5. The quantitative estimate of drug-likeness (QED) is 0.693. The van der Waals surface area contributed by atoms with Crippen molar-refractivity contribution in [2.75, 3.05) is 42.3 Å². The molecule has 1 aromatic carbocycles. The highest BCUT2D eigenvalue weighted by Gasteiger charge is 2.75. The number of hydrogen-bond acceptors (Lipinski definition) is 7. The van der Waals surface area contributed by atoms with E-state index in [-0.39, 0.29) is 11.4 Å². The number of aromatic nitrogens is 2. The molecule has 3 aliphatic carbocycles. The van der Waals surface area contributed by atoms with Crippen molar-refractivity contribution in [2.24, 2.45) is 5.92 Å². The normalized spacial score (nSPS) is 28.5. The van der Waals surface area contributed by atoms with Crippen LogP contribution in [0.25, 0.3) is 0 Å². The van der Waals surface area contributed by atoms with Crippen LogP contribution in [0.15, 0.2) is 24.4 Å². The SMILES string of the molecule is Cc1ccc2c(c1)C(=O)N(C)c1cnc(NC34CC(S(=O)(=O)N5CCC(C)CC5)(C3)C4)nc1N2C. The fourth-order valence-corrected chi connectivity index (χ4v) is 8.88. The Bertz CT molecular complexity index is 1310. The first kappa shape index (κ1) is 22.7. The van der Waals surface area contributed by atoms with Crippen molar-refractivity contribution in [3.8, 4) is 0 Å². The summed E-state index contributed by atoms with van der Waals surface area (Å²) in [6.45, 7) is 5.43. The number of piperidine rings is 1. The number of carbonyl (C=O) groups is 1. The molecule has 3 heterocycles. The molecule has 4 fully saturated rings. The average molecular weight is 497 g/mol. The Labute approximate surface area is 206 Å². The van der Waals surface area contributed by atoms with E-state index in [1.807, 2.05) is 37.1 Å². The molecule has 3 saturated carbocycles. The highest BCUT2D eigenvalue weighted by atomic mass is 32.2. The molecule has 10 heteroatoms. The van der Waals surface area contributed by atoms with Gasteiger partial charge in [0.05, 0.1) is 22.2 Å². The van der Waals surface area contributed by atoms with Gasteiger partial charge in [0, 0.05) is 32.7 Å². The lowest BCUT2D eigenvalue weighted by Crippen LogP contribution is -2.79. The molecular weight excluding hydrogens is 464 g/mol. The maximum Gasteiger partial charge on any atom is 0.260 e. The molecule has 0 unspecified atom stereocenters. The lowest BCUT2D eigenvalue weighted by Gasteiger charge is -2.69. The summed E-state index contributed by atoms with van der Waals surface area (Å²) in [5.41, 5.74) is 2.80. The maximum absolute atomic E-state index is 13.3. The van der Waals surface area contributed by atoms with Crippen LogP contribution in [0.1, 0.15) is 54.9 Å². The molecule has 1 amide bonds. The third kappa shape index (κ3) is 3.22. The maximum atomic E-state index is 13.3. The van der Waals surface area contributed by atoms with Crippen molar-refractivity contribution in [3.63, 3.8) is 0 Å². The van der Waals surface area contributed by atoms with E-state index in [0.717, 1.165) is 24.1 Å². The Hall–Kier alpha value is -2.72. The van der Waals surface area contributed by atoms with E-state index < -0.39 is 14.8 Å². The molecule has 2 bridgehead atoms. The van der Waals surface area contributed by atoms with E-state index >= 15 is 0 Å². The van der Waals surface area contributed by atoms with Crippen molar-refractivity contribution in [2.45, 2.75) is 56.2 Å². The number of fused-ring (bicyclic) bond motifs is 2. The summed E-state index contributed by atoms with van der Waals surface area (Å²) < 4.78 is 27.7. The summed E-state index contributed by atoms with van der Waals surface area (Å²) >= 11 is 0. The summed E-state index contributed by atoms with van der Waals surface area (Å²) in [7, 11) is 0.346. The van der Waals surface area contributed by atoms with Gasteiger partial charge in [0.2, 0.25) is 16.0 Å². The zero-order chi connectivity index (χ0) is 24.8. The number of carbonyl (C=O) groups excluding carboxylic acids is 1. The third-order valence-electron chi connectivity index (χ3n) is 8.47. The third-order valence-corrected chi connectivity index (χ3v) is 11.0. The molecule has 0 radical (unpaired) electrons. The van der Waals surface area contributed by atoms with Crippen molar-refractivity contribution in [1.29, 1.82) is 0 Å². The molecule has 2 aromatic rings. The van der Waals surface area contributed by atoms with Gasteiger partial charge in [0.1, 0.15) is 5.69 Å². The summed E-state index contributed by atoms with van der Waals surface area (Å²) in [6.07, 6.45) is 5.32. The minimum atomic E-state index is -3.29. The summed E-state index contributed by atoms with van der Waals surface area (Å²) in [5.74, 6) is 1.59. The van der Waals surface area contributed by atoms with Crippen molar-refractivity contribution >= 4 is 39.1 Å². The average Bonchev–Trinajstić information content (AvgIpc) is 2.85. The first-order valence-electron chi connectivity index (χ1n) is 12.3. The zero-order valence-electron chi connectivity index (χ0n) is 20.7. The predicted octanol–water partition coefficient (Wildman–Crippen LogP) is 3.29. The van der Waals surface area contributed by atoms with Crippen LogP contribution in [-0.2, 0) is 10.0 Å². The molecule has 0 atom stereocenters. The number of sulfonamides is 1. The van der Waals surface area contributed by atoms with Gasteiger partial charge in [-0.3, -0.25) is 4.79 Å². The van der Waals surface area contributed by atoms with E-state index in [2.05, 4.69) is 17.2 Å². The molecule has 1 N–H and O–H groups in total. The molecule has 0 spiro atoms. The van der Waals surface area contributed by atoms with E-state index in [0.29, 0.717) is 61.3 Å². The number of rotatable bonds is 4. The zero-order valence-corrected chi connectivity index (χ0v) is 21.5. The topological polar surface area (TPSA) is 98.7 Å². The van der Waals surface area contributed by atoms with Gasteiger partial charge < -0.3 is 15.1 Å². The fraction of sp³-hybridized carbons (Fsp3) is 0.560. The molecule has 1 aromatic heterocycles. The van der Waals surface area contributed by atoms with Crippen LogP contribution >= 0.6 is 0 Å². The van der Waals surface area contributed by atoms with E-state index in [1.165, 1.54) is 0 Å². The highest BCUT2D eigenvalue weighted by molar-refractivity contribution is 7.90. The van der Waals surface area contributed by atoms with Gasteiger partial charge in [-0.2, -0.15) is 4.98 Å². The molecule has 35 heavy (non-hydrogen) atoms. The molecule has 5 aliphatic rings. The van der Waals surface area contributed by atoms with Gasteiger partial charge in [-0.25, -0.2) is 17.7 Å². The highest BCUT2D eigenvalue weighted by Crippen LogP contribution is 2.66. The van der Waals surface area contributed by atoms with Gasteiger partial charge in [0.15, 0.2) is 5.82 Å². The van der Waals surface area contributed by atoms with Crippen LogP contribution in [0.4, 0.5) is 23.1 Å². The Balaban J connectivity index is 1.22. The van der Waals surface area contributed by atoms with Gasteiger partial charge in [-0.15, -0.1) is 0 Å². The van der Waals surface area contributed by atoms with Crippen molar-refractivity contribution < 1.29 is 13.2 Å². The van der Waals surface area contributed by atoms with Crippen LogP contribution < -0.4 is 15.1 Å². The fourth-order valence-electron chi connectivity index (χ4n) is 6.27. The Kier molecular flexibility index (Phi) is 4.80. The summed E-state index contributed by atoms with van der Waals surface area (Å²) in [4.78, 5) is 25.9. The van der Waals surface area contributed by atoms with Crippen LogP contribution in [0, 0.1) is 12.8 Å². The van der Waals surface area contributed by atoms with Crippen LogP contribution in [-0.4, -0.2) is 66.1 Å². The lowest BCUT2D eigenvalue weighted by atomic mass is 9.49. The van der Waals surface area contributed by atoms with Crippen molar-refractivity contribution in [3.05, 3.63) is 35.5 Å². The summed E-state index contributed by atoms with van der Waals surface area (Å²) in [5, 5.41) is 3.44. The Morgan fingerprint density at radius 3 is 2.43 bits per heavy atom. The van der Waals surface area contributed by atoms with E-state index in [9.17, 15) is 13.2 Å². The standard InChI is InChI=1S/C25H32N6O3S/c1-16-7-9-31(10-8-16)35(33,34)25-13-24(14-25,15-25)28-23-26-12-20-21(27-23)29(3)19-6-5-17(2)11-18(19)22(32)30(20)4/h5-6,11-12,16H,7-10,13-15H2,1-4H3,(H,26,27,28). The van der Waals surface area contributed by atoms with E-state index in [1.54, 1.807) is 22.4 Å². The lowest BCUT2D eigenvalue weighted by molar-refractivity contribution is 0.0227. The van der Waals surface area contributed by atoms with Crippen LogP contribution in [0.5, 0.6) is 0 Å².